The summed E-state index contributed by atoms with van der Waals surface area (Å²) in [5, 5.41) is 3.26. The maximum atomic E-state index is 12.9. The second kappa shape index (κ2) is 8.07. The zero-order valence-corrected chi connectivity index (χ0v) is 17.1. The van der Waals surface area contributed by atoms with E-state index in [4.69, 9.17) is 4.74 Å². The van der Waals surface area contributed by atoms with Crippen molar-refractivity contribution in [2.75, 3.05) is 25.1 Å². The fourth-order valence-electron chi connectivity index (χ4n) is 4.27. The van der Waals surface area contributed by atoms with Crippen LogP contribution in [0.15, 0.2) is 30.3 Å². The maximum absolute atomic E-state index is 12.9. The van der Waals surface area contributed by atoms with E-state index in [1.807, 2.05) is 31.2 Å². The molecule has 1 N–H and O–H groups in total. The number of anilines is 1. The predicted octanol–water partition coefficient (Wildman–Crippen LogP) is 4.09. The second-order valence-corrected chi connectivity index (χ2v) is 7.68. The molecule has 146 valence electrons. The van der Waals surface area contributed by atoms with E-state index in [9.17, 15) is 4.79 Å². The smallest absolute Gasteiger partial charge is 0.253 e. The molecule has 1 unspecified atom stereocenters. The molecule has 1 amide bonds. The van der Waals surface area contributed by atoms with Crippen molar-refractivity contribution in [2.24, 2.45) is 0 Å². The van der Waals surface area contributed by atoms with Gasteiger partial charge in [0.2, 0.25) is 0 Å². The molecule has 27 heavy (non-hydrogen) atoms. The minimum atomic E-state index is 0.0295. The number of para-hydroxylation sites is 2. The van der Waals surface area contributed by atoms with Crippen LogP contribution in [0.4, 0.5) is 5.69 Å². The number of nitrogens with one attached hydrogen (secondary N) is 1. The van der Waals surface area contributed by atoms with Crippen molar-refractivity contribution < 1.29 is 9.53 Å². The number of hydrogen-bond acceptors (Lipinski definition) is 3. The standard InChI is InChI=1S/C22H31N3O2/c1-15(2)25-16(3)13-19(17(25)4)22(26)23-18-9-8-12-24(14-18)20-10-6-7-11-21(20)27-5/h6-7,10-11,13,15,18H,8-9,12,14H2,1-5H3,(H,23,26). The zero-order chi connectivity index (χ0) is 19.6. The van der Waals surface area contributed by atoms with Gasteiger partial charge in [0.1, 0.15) is 5.75 Å². The Kier molecular flexibility index (Phi) is 5.78. The van der Waals surface area contributed by atoms with Gasteiger partial charge in [0.15, 0.2) is 0 Å². The number of aryl methyl sites for hydroxylation is 1. The predicted molar refractivity (Wildman–Crippen MR) is 110 cm³/mol. The quantitative estimate of drug-likeness (QED) is 0.863. The first kappa shape index (κ1) is 19.3. The Labute approximate surface area is 162 Å². The van der Waals surface area contributed by atoms with Crippen molar-refractivity contribution >= 4 is 11.6 Å². The van der Waals surface area contributed by atoms with Crippen LogP contribution in [0.2, 0.25) is 0 Å². The molecule has 0 saturated carbocycles. The Morgan fingerprint density at radius 1 is 1.26 bits per heavy atom. The molecule has 5 nitrogen and oxygen atoms in total. The van der Waals surface area contributed by atoms with Crippen molar-refractivity contribution in [3.8, 4) is 5.75 Å². The Morgan fingerprint density at radius 2 is 2.00 bits per heavy atom. The number of aromatic nitrogens is 1. The fraction of sp³-hybridized carbons (Fsp3) is 0.500. The van der Waals surface area contributed by atoms with E-state index in [0.29, 0.717) is 6.04 Å². The summed E-state index contributed by atoms with van der Waals surface area (Å²) in [4.78, 5) is 15.2. The van der Waals surface area contributed by atoms with E-state index in [0.717, 1.165) is 54.3 Å². The highest BCUT2D eigenvalue weighted by Crippen LogP contribution is 2.30. The highest BCUT2D eigenvalue weighted by Gasteiger charge is 2.25. The minimum Gasteiger partial charge on any atom is -0.495 e. The van der Waals surface area contributed by atoms with Gasteiger partial charge in [0.05, 0.1) is 18.4 Å². The first-order valence-electron chi connectivity index (χ1n) is 9.79. The average molecular weight is 370 g/mol. The van der Waals surface area contributed by atoms with Crippen LogP contribution >= 0.6 is 0 Å². The Balaban J connectivity index is 1.73. The zero-order valence-electron chi connectivity index (χ0n) is 17.1. The van der Waals surface area contributed by atoms with Crippen molar-refractivity contribution in [3.63, 3.8) is 0 Å². The molecule has 0 bridgehead atoms. The number of piperidine rings is 1. The van der Waals surface area contributed by atoms with Crippen LogP contribution in [0.25, 0.3) is 0 Å². The summed E-state index contributed by atoms with van der Waals surface area (Å²) in [5.74, 6) is 0.909. The van der Waals surface area contributed by atoms with Gasteiger partial charge in [0.25, 0.3) is 5.91 Å². The van der Waals surface area contributed by atoms with Gasteiger partial charge in [-0.1, -0.05) is 12.1 Å². The number of benzene rings is 1. The highest BCUT2D eigenvalue weighted by molar-refractivity contribution is 5.96. The van der Waals surface area contributed by atoms with Crippen LogP contribution in [-0.2, 0) is 0 Å². The van der Waals surface area contributed by atoms with Gasteiger partial charge in [-0.3, -0.25) is 4.79 Å². The van der Waals surface area contributed by atoms with Crippen LogP contribution in [0, 0.1) is 13.8 Å². The van der Waals surface area contributed by atoms with E-state index < -0.39 is 0 Å². The van der Waals surface area contributed by atoms with Gasteiger partial charge in [-0.25, -0.2) is 0 Å². The summed E-state index contributed by atoms with van der Waals surface area (Å²) in [5.41, 5.74) is 4.05. The number of methoxy groups -OCH3 is 1. The number of carbonyl (C=O) groups excluding carboxylic acids is 1. The van der Waals surface area contributed by atoms with E-state index >= 15 is 0 Å². The number of amides is 1. The molecule has 3 rings (SSSR count). The minimum absolute atomic E-state index is 0.0295. The van der Waals surface area contributed by atoms with Crippen molar-refractivity contribution in [3.05, 3.63) is 47.3 Å². The van der Waals surface area contributed by atoms with Crippen molar-refractivity contribution in [2.45, 2.75) is 52.6 Å². The Bertz CT molecular complexity index is 810. The third kappa shape index (κ3) is 3.97. The molecule has 1 aliphatic heterocycles. The van der Waals surface area contributed by atoms with Gasteiger partial charge in [-0.2, -0.15) is 0 Å². The molecule has 1 aromatic heterocycles. The summed E-state index contributed by atoms with van der Waals surface area (Å²) >= 11 is 0. The summed E-state index contributed by atoms with van der Waals surface area (Å²) in [6.07, 6.45) is 2.05. The number of ether oxygens (including phenoxy) is 1. The normalized spacial score (nSPS) is 17.3. The molecule has 1 aliphatic rings. The summed E-state index contributed by atoms with van der Waals surface area (Å²) in [6.45, 7) is 10.2. The summed E-state index contributed by atoms with van der Waals surface area (Å²) in [7, 11) is 1.70. The third-order valence-corrected chi connectivity index (χ3v) is 5.43. The summed E-state index contributed by atoms with van der Waals surface area (Å²) < 4.78 is 7.73. The molecule has 5 heteroatoms. The molecular formula is C22H31N3O2. The highest BCUT2D eigenvalue weighted by atomic mass is 16.5. The molecule has 2 heterocycles. The molecule has 1 fully saturated rings. The van der Waals surface area contributed by atoms with E-state index in [-0.39, 0.29) is 11.9 Å². The molecule has 0 spiro atoms. The number of nitrogens with zero attached hydrogens (tertiary/aromatic N) is 2. The lowest BCUT2D eigenvalue weighted by Crippen LogP contribution is -2.48. The van der Waals surface area contributed by atoms with Crippen LogP contribution in [0.5, 0.6) is 5.75 Å². The topological polar surface area (TPSA) is 46.5 Å². The van der Waals surface area contributed by atoms with Crippen LogP contribution in [-0.4, -0.2) is 36.7 Å². The average Bonchev–Trinajstić information content (AvgIpc) is 2.96. The largest absolute Gasteiger partial charge is 0.495 e. The van der Waals surface area contributed by atoms with Gasteiger partial charge >= 0.3 is 0 Å². The monoisotopic (exact) mass is 369 g/mol. The van der Waals surface area contributed by atoms with E-state index in [1.54, 1.807) is 7.11 Å². The SMILES string of the molecule is COc1ccccc1N1CCCC(NC(=O)c2cc(C)n(C(C)C)c2C)C1. The van der Waals surface area contributed by atoms with E-state index in [1.165, 1.54) is 0 Å². The molecule has 1 aromatic carbocycles. The lowest BCUT2D eigenvalue weighted by Gasteiger charge is -2.35. The molecule has 1 saturated heterocycles. The van der Waals surface area contributed by atoms with Crippen LogP contribution in [0.3, 0.4) is 0 Å². The maximum Gasteiger partial charge on any atom is 0.253 e. The lowest BCUT2D eigenvalue weighted by atomic mass is 10.0. The van der Waals surface area contributed by atoms with Gasteiger partial charge < -0.3 is 19.5 Å². The Hall–Kier alpha value is -2.43. The van der Waals surface area contributed by atoms with Crippen LogP contribution < -0.4 is 15.0 Å². The van der Waals surface area contributed by atoms with Gasteiger partial charge in [-0.05, 0) is 58.7 Å². The second-order valence-electron chi connectivity index (χ2n) is 7.68. The lowest BCUT2D eigenvalue weighted by molar-refractivity contribution is 0.0932. The van der Waals surface area contributed by atoms with Gasteiger partial charge in [0, 0.05) is 36.6 Å². The molecule has 2 aromatic rings. The van der Waals surface area contributed by atoms with Crippen LogP contribution in [0.1, 0.15) is 54.5 Å². The number of hydrogen-bond donors (Lipinski definition) is 1. The van der Waals surface area contributed by atoms with Gasteiger partial charge in [-0.15, -0.1) is 0 Å². The molecule has 0 aliphatic carbocycles. The summed E-state index contributed by atoms with van der Waals surface area (Å²) in [6, 6.07) is 10.6. The van der Waals surface area contributed by atoms with E-state index in [2.05, 4.69) is 41.6 Å². The van der Waals surface area contributed by atoms with Crippen molar-refractivity contribution in [1.82, 2.24) is 9.88 Å². The first-order chi connectivity index (χ1) is 12.9. The fourth-order valence-corrected chi connectivity index (χ4v) is 4.27. The Morgan fingerprint density at radius 3 is 2.67 bits per heavy atom. The third-order valence-electron chi connectivity index (χ3n) is 5.43. The van der Waals surface area contributed by atoms with Crippen molar-refractivity contribution in [1.29, 1.82) is 0 Å². The number of rotatable bonds is 5. The first-order valence-corrected chi connectivity index (χ1v) is 9.79. The number of carbonyl (C=O) groups is 1. The molecular weight excluding hydrogens is 338 g/mol. The molecule has 1 atom stereocenters. The molecule has 0 radical (unpaired) electrons.